The monoisotopic (exact) mass is 340 g/mol. The van der Waals surface area contributed by atoms with Crippen LogP contribution in [0.25, 0.3) is 0 Å². The van der Waals surface area contributed by atoms with Gasteiger partial charge in [0, 0.05) is 22.6 Å². The SMILES string of the molecule is C[C@H]1CCCCN1C(=S)NC(=O)c1ccc(Br)cc1. The van der Waals surface area contributed by atoms with Crippen LogP contribution in [0.1, 0.15) is 36.5 Å². The van der Waals surface area contributed by atoms with Crippen molar-refractivity contribution in [3.05, 3.63) is 34.3 Å². The second-order valence-electron chi connectivity index (χ2n) is 4.80. The summed E-state index contributed by atoms with van der Waals surface area (Å²) in [6.07, 6.45) is 3.51. The van der Waals surface area contributed by atoms with Gasteiger partial charge in [0.15, 0.2) is 5.11 Å². The van der Waals surface area contributed by atoms with Crippen LogP contribution in [0.5, 0.6) is 0 Å². The van der Waals surface area contributed by atoms with E-state index in [0.29, 0.717) is 16.7 Å². The predicted molar refractivity (Wildman–Crippen MR) is 84.2 cm³/mol. The molecule has 1 amide bonds. The summed E-state index contributed by atoms with van der Waals surface area (Å²) < 4.78 is 0.955. The van der Waals surface area contributed by atoms with Gasteiger partial charge in [-0.25, -0.2) is 0 Å². The lowest BCUT2D eigenvalue weighted by Gasteiger charge is -2.35. The highest BCUT2D eigenvalue weighted by Crippen LogP contribution is 2.16. The number of carbonyl (C=O) groups is 1. The van der Waals surface area contributed by atoms with Gasteiger partial charge < -0.3 is 4.90 Å². The van der Waals surface area contributed by atoms with Crippen molar-refractivity contribution in [1.29, 1.82) is 0 Å². The molecule has 1 aliphatic rings. The molecule has 1 aliphatic heterocycles. The number of likely N-dealkylation sites (tertiary alicyclic amines) is 1. The maximum absolute atomic E-state index is 12.1. The van der Waals surface area contributed by atoms with E-state index in [9.17, 15) is 4.79 Å². The topological polar surface area (TPSA) is 32.3 Å². The quantitative estimate of drug-likeness (QED) is 0.795. The van der Waals surface area contributed by atoms with Crippen molar-refractivity contribution in [2.24, 2.45) is 0 Å². The average molecular weight is 341 g/mol. The number of amides is 1. The molecule has 0 unspecified atom stereocenters. The third-order valence-corrected chi connectivity index (χ3v) is 4.26. The van der Waals surface area contributed by atoms with Crippen molar-refractivity contribution in [1.82, 2.24) is 10.2 Å². The van der Waals surface area contributed by atoms with Crippen molar-refractivity contribution in [3.63, 3.8) is 0 Å². The predicted octanol–water partition coefficient (Wildman–Crippen LogP) is 3.34. The first-order chi connectivity index (χ1) is 9.08. The summed E-state index contributed by atoms with van der Waals surface area (Å²) in [6.45, 7) is 3.08. The second kappa shape index (κ2) is 6.48. The summed E-state index contributed by atoms with van der Waals surface area (Å²) in [7, 11) is 0. The lowest BCUT2D eigenvalue weighted by Crippen LogP contribution is -2.48. The lowest BCUT2D eigenvalue weighted by molar-refractivity contribution is 0.0970. The molecule has 0 saturated carbocycles. The van der Waals surface area contributed by atoms with Crippen molar-refractivity contribution < 1.29 is 4.79 Å². The number of piperidine rings is 1. The number of benzene rings is 1. The van der Waals surface area contributed by atoms with Crippen LogP contribution in [0.15, 0.2) is 28.7 Å². The van der Waals surface area contributed by atoms with Crippen LogP contribution >= 0.6 is 28.1 Å². The number of thiocarbonyl (C=S) groups is 1. The minimum Gasteiger partial charge on any atom is -0.346 e. The van der Waals surface area contributed by atoms with Crippen molar-refractivity contribution in [2.75, 3.05) is 6.54 Å². The van der Waals surface area contributed by atoms with Gasteiger partial charge in [-0.1, -0.05) is 15.9 Å². The number of carbonyl (C=O) groups excluding carboxylic acids is 1. The Bertz CT molecular complexity index is 475. The number of halogens is 1. The smallest absolute Gasteiger partial charge is 0.257 e. The Morgan fingerprint density at radius 3 is 2.68 bits per heavy atom. The van der Waals surface area contributed by atoms with Gasteiger partial charge in [0.05, 0.1) is 0 Å². The fourth-order valence-electron chi connectivity index (χ4n) is 2.24. The van der Waals surface area contributed by atoms with Gasteiger partial charge in [-0.3, -0.25) is 10.1 Å². The normalized spacial score (nSPS) is 19.1. The van der Waals surface area contributed by atoms with E-state index in [2.05, 4.69) is 33.1 Å². The van der Waals surface area contributed by atoms with E-state index in [4.69, 9.17) is 12.2 Å². The fraction of sp³-hybridized carbons (Fsp3) is 0.429. The summed E-state index contributed by atoms with van der Waals surface area (Å²) >= 11 is 8.69. The first-order valence-electron chi connectivity index (χ1n) is 6.45. The first-order valence-corrected chi connectivity index (χ1v) is 7.65. The van der Waals surface area contributed by atoms with Gasteiger partial charge in [-0.05, 0) is 62.7 Å². The lowest BCUT2D eigenvalue weighted by atomic mass is 10.0. The van der Waals surface area contributed by atoms with E-state index in [1.807, 2.05) is 12.1 Å². The van der Waals surface area contributed by atoms with Crippen LogP contribution in [-0.4, -0.2) is 28.5 Å². The molecule has 5 heteroatoms. The minimum atomic E-state index is -0.143. The molecule has 1 aromatic carbocycles. The van der Waals surface area contributed by atoms with E-state index in [1.165, 1.54) is 6.42 Å². The first kappa shape index (κ1) is 14.5. The molecule has 1 fully saturated rings. The Balaban J connectivity index is 1.98. The van der Waals surface area contributed by atoms with Crippen LogP contribution in [0, 0.1) is 0 Å². The Morgan fingerprint density at radius 1 is 1.37 bits per heavy atom. The molecule has 1 atom stereocenters. The molecule has 0 radical (unpaired) electrons. The largest absolute Gasteiger partial charge is 0.346 e. The van der Waals surface area contributed by atoms with Gasteiger partial charge in [0.1, 0.15) is 0 Å². The van der Waals surface area contributed by atoms with E-state index in [-0.39, 0.29) is 5.91 Å². The van der Waals surface area contributed by atoms with Gasteiger partial charge >= 0.3 is 0 Å². The fourth-order valence-corrected chi connectivity index (χ4v) is 2.87. The Labute approximate surface area is 127 Å². The zero-order chi connectivity index (χ0) is 13.8. The van der Waals surface area contributed by atoms with E-state index in [0.717, 1.165) is 23.9 Å². The highest BCUT2D eigenvalue weighted by molar-refractivity contribution is 9.10. The molecule has 0 aromatic heterocycles. The Morgan fingerprint density at radius 2 is 2.05 bits per heavy atom. The van der Waals surface area contributed by atoms with Gasteiger partial charge in [0.25, 0.3) is 5.91 Å². The van der Waals surface area contributed by atoms with Crippen LogP contribution in [0.4, 0.5) is 0 Å². The highest BCUT2D eigenvalue weighted by Gasteiger charge is 2.21. The van der Waals surface area contributed by atoms with Crippen LogP contribution in [-0.2, 0) is 0 Å². The van der Waals surface area contributed by atoms with Crippen LogP contribution < -0.4 is 5.32 Å². The third-order valence-electron chi connectivity index (χ3n) is 3.39. The molecule has 1 aromatic rings. The van der Waals surface area contributed by atoms with Gasteiger partial charge in [0.2, 0.25) is 0 Å². The molecule has 2 rings (SSSR count). The third kappa shape index (κ3) is 3.76. The number of rotatable bonds is 1. The second-order valence-corrected chi connectivity index (χ2v) is 6.11. The molecule has 1 heterocycles. The molecule has 3 nitrogen and oxygen atoms in total. The molecule has 1 N–H and O–H groups in total. The molecule has 0 aliphatic carbocycles. The molecule has 0 spiro atoms. The van der Waals surface area contributed by atoms with Crippen LogP contribution in [0.2, 0.25) is 0 Å². The van der Waals surface area contributed by atoms with Gasteiger partial charge in [-0.2, -0.15) is 0 Å². The summed E-state index contributed by atoms with van der Waals surface area (Å²) in [5.41, 5.74) is 0.621. The molecule has 0 bridgehead atoms. The zero-order valence-corrected chi connectivity index (χ0v) is 13.3. The minimum absolute atomic E-state index is 0.143. The zero-order valence-electron chi connectivity index (χ0n) is 10.9. The summed E-state index contributed by atoms with van der Waals surface area (Å²) in [4.78, 5) is 14.2. The maximum atomic E-state index is 12.1. The maximum Gasteiger partial charge on any atom is 0.257 e. The Hall–Kier alpha value is -0.940. The average Bonchev–Trinajstić information content (AvgIpc) is 2.39. The summed E-state index contributed by atoms with van der Waals surface area (Å²) in [6, 6.07) is 7.67. The molecule has 102 valence electrons. The van der Waals surface area contributed by atoms with Gasteiger partial charge in [-0.15, -0.1) is 0 Å². The summed E-state index contributed by atoms with van der Waals surface area (Å²) in [5.74, 6) is -0.143. The molecular weight excluding hydrogens is 324 g/mol. The van der Waals surface area contributed by atoms with E-state index in [1.54, 1.807) is 12.1 Å². The molecule has 19 heavy (non-hydrogen) atoms. The molecular formula is C14H17BrN2OS. The highest BCUT2D eigenvalue weighted by atomic mass is 79.9. The van der Waals surface area contributed by atoms with Crippen molar-refractivity contribution >= 4 is 39.2 Å². The number of hydrogen-bond donors (Lipinski definition) is 1. The van der Waals surface area contributed by atoms with Crippen molar-refractivity contribution in [2.45, 2.75) is 32.2 Å². The number of hydrogen-bond acceptors (Lipinski definition) is 2. The van der Waals surface area contributed by atoms with E-state index < -0.39 is 0 Å². The molecule has 1 saturated heterocycles. The Kier molecular flexibility index (Phi) is 4.93. The van der Waals surface area contributed by atoms with Crippen molar-refractivity contribution in [3.8, 4) is 0 Å². The van der Waals surface area contributed by atoms with E-state index >= 15 is 0 Å². The number of nitrogens with zero attached hydrogens (tertiary/aromatic N) is 1. The van der Waals surface area contributed by atoms with Crippen LogP contribution in [0.3, 0.4) is 0 Å². The number of nitrogens with one attached hydrogen (secondary N) is 1. The summed E-state index contributed by atoms with van der Waals surface area (Å²) in [5, 5.41) is 3.36. The standard InChI is InChI=1S/C14H17BrN2OS/c1-10-4-2-3-9-17(10)14(19)16-13(18)11-5-7-12(15)8-6-11/h5-8,10H,2-4,9H2,1H3,(H,16,18,19)/t10-/m0/s1.